The minimum Gasteiger partial charge on any atom is -0.493 e. The molecule has 0 saturated heterocycles. The molecule has 0 aliphatic rings. The van der Waals surface area contributed by atoms with Crippen LogP contribution < -0.4 is 25.4 Å². The van der Waals surface area contributed by atoms with Crippen molar-refractivity contribution in [3.05, 3.63) is 84.1 Å². The van der Waals surface area contributed by atoms with E-state index in [1.54, 1.807) is 56.7 Å². The molecule has 190 valence electrons. The van der Waals surface area contributed by atoms with Crippen LogP contribution in [0.15, 0.2) is 77.9 Å². The number of para-hydroxylation sites is 1. The molecule has 0 radical (unpaired) electrons. The molecule has 1 aromatic heterocycles. The number of hydrogen-bond acceptors (Lipinski definition) is 5. The van der Waals surface area contributed by atoms with Gasteiger partial charge in [-0.3, -0.25) is 19.9 Å². The summed E-state index contributed by atoms with van der Waals surface area (Å²) < 4.78 is 10.7. The Morgan fingerprint density at radius 3 is 2.46 bits per heavy atom. The van der Waals surface area contributed by atoms with Crippen LogP contribution in [-0.4, -0.2) is 43.5 Å². The lowest BCUT2D eigenvalue weighted by molar-refractivity contribution is -0.114. The number of H-pyrrole nitrogens is 1. The van der Waals surface area contributed by atoms with E-state index in [1.807, 2.05) is 24.4 Å². The summed E-state index contributed by atoms with van der Waals surface area (Å²) in [5.74, 6) is 0.824. The number of fused-ring (bicyclic) bond motifs is 1. The molecule has 0 aliphatic carbocycles. The van der Waals surface area contributed by atoms with Crippen molar-refractivity contribution in [2.75, 3.05) is 31.4 Å². The van der Waals surface area contributed by atoms with Crippen molar-refractivity contribution in [1.82, 2.24) is 10.3 Å². The molecule has 0 saturated carbocycles. The molecule has 9 nitrogen and oxygen atoms in total. The summed E-state index contributed by atoms with van der Waals surface area (Å²) in [7, 11) is 3.12. The van der Waals surface area contributed by atoms with E-state index in [0.717, 1.165) is 16.5 Å². The van der Waals surface area contributed by atoms with E-state index in [1.165, 1.54) is 6.92 Å². The van der Waals surface area contributed by atoms with E-state index in [4.69, 9.17) is 9.47 Å². The molecule has 0 aliphatic heterocycles. The number of methoxy groups -OCH3 is 2. The molecular formula is C28H29N5O4. The largest absolute Gasteiger partial charge is 0.493 e. The Morgan fingerprint density at radius 1 is 0.892 bits per heavy atom. The van der Waals surface area contributed by atoms with Crippen LogP contribution >= 0.6 is 0 Å². The molecule has 2 amide bonds. The molecule has 4 aromatic rings. The third kappa shape index (κ3) is 6.46. The summed E-state index contributed by atoms with van der Waals surface area (Å²) in [6.45, 7) is 1.85. The number of anilines is 2. The van der Waals surface area contributed by atoms with Gasteiger partial charge in [0.05, 0.1) is 14.2 Å². The Labute approximate surface area is 214 Å². The van der Waals surface area contributed by atoms with E-state index in [-0.39, 0.29) is 17.8 Å². The smallest absolute Gasteiger partial charge is 0.258 e. The topological polar surface area (TPSA) is 117 Å². The van der Waals surface area contributed by atoms with Gasteiger partial charge in [0.1, 0.15) is 0 Å². The van der Waals surface area contributed by atoms with Crippen LogP contribution in [0.4, 0.5) is 11.4 Å². The summed E-state index contributed by atoms with van der Waals surface area (Å²) in [6, 6.07) is 20.1. The zero-order chi connectivity index (χ0) is 26.2. The fourth-order valence-electron chi connectivity index (χ4n) is 3.91. The number of aromatic nitrogens is 1. The van der Waals surface area contributed by atoms with Crippen molar-refractivity contribution in [2.45, 2.75) is 13.3 Å². The zero-order valence-electron chi connectivity index (χ0n) is 20.9. The Hall–Kier alpha value is -4.79. The van der Waals surface area contributed by atoms with Crippen LogP contribution in [0.3, 0.4) is 0 Å². The predicted octanol–water partition coefficient (Wildman–Crippen LogP) is 4.58. The molecule has 1 heterocycles. The standard InChI is InChI=1S/C28H29N5O4/c1-18(34)31-21-8-6-7-19(15-21)27(35)33-28(32-22-11-12-25(36-2)26(16-22)37-3)29-14-13-20-17-30-24-10-5-4-9-23(20)24/h4-12,15-17,30H,13-14H2,1-3H3,(H,31,34)(H2,29,32,33,35). The van der Waals surface area contributed by atoms with Crippen LogP contribution in [0.25, 0.3) is 10.9 Å². The monoisotopic (exact) mass is 499 g/mol. The third-order valence-corrected chi connectivity index (χ3v) is 5.65. The molecule has 0 bridgehead atoms. The molecule has 4 rings (SSSR count). The van der Waals surface area contributed by atoms with Gasteiger partial charge in [0.15, 0.2) is 11.5 Å². The molecule has 0 atom stereocenters. The second-order valence-electron chi connectivity index (χ2n) is 8.25. The number of carbonyl (C=O) groups excluding carboxylic acids is 2. The number of ether oxygens (including phenoxy) is 2. The summed E-state index contributed by atoms with van der Waals surface area (Å²) in [4.78, 5) is 32.4. The highest BCUT2D eigenvalue weighted by atomic mass is 16.5. The predicted molar refractivity (Wildman–Crippen MR) is 146 cm³/mol. The molecule has 37 heavy (non-hydrogen) atoms. The van der Waals surface area contributed by atoms with Crippen molar-refractivity contribution >= 4 is 40.1 Å². The highest BCUT2D eigenvalue weighted by Gasteiger charge is 2.12. The first-order valence-electron chi connectivity index (χ1n) is 11.7. The van der Waals surface area contributed by atoms with Gasteiger partial charge in [-0.1, -0.05) is 24.3 Å². The number of aromatic amines is 1. The average molecular weight is 500 g/mol. The van der Waals surface area contributed by atoms with Gasteiger partial charge < -0.3 is 25.1 Å². The highest BCUT2D eigenvalue weighted by Crippen LogP contribution is 2.29. The van der Waals surface area contributed by atoms with Crippen LogP contribution in [0.5, 0.6) is 11.5 Å². The highest BCUT2D eigenvalue weighted by molar-refractivity contribution is 6.10. The maximum atomic E-state index is 13.1. The van der Waals surface area contributed by atoms with Gasteiger partial charge in [-0.05, 0) is 48.4 Å². The number of carbonyl (C=O) groups is 2. The summed E-state index contributed by atoms with van der Waals surface area (Å²) in [6.07, 6.45) is 2.66. The number of nitrogens with zero attached hydrogens (tertiary/aromatic N) is 1. The van der Waals surface area contributed by atoms with Gasteiger partial charge in [-0.15, -0.1) is 0 Å². The zero-order valence-corrected chi connectivity index (χ0v) is 20.9. The van der Waals surface area contributed by atoms with Crippen molar-refractivity contribution in [3.63, 3.8) is 0 Å². The van der Waals surface area contributed by atoms with Gasteiger partial charge in [0.25, 0.3) is 5.91 Å². The summed E-state index contributed by atoms with van der Waals surface area (Å²) in [5, 5.41) is 9.86. The quantitative estimate of drug-likeness (QED) is 0.209. The van der Waals surface area contributed by atoms with Crippen LogP contribution in [0.2, 0.25) is 0 Å². The minimum atomic E-state index is -0.369. The lowest BCUT2D eigenvalue weighted by Gasteiger charge is -2.14. The summed E-state index contributed by atoms with van der Waals surface area (Å²) in [5.41, 5.74) is 3.78. The van der Waals surface area contributed by atoms with Crippen LogP contribution in [0, 0.1) is 0 Å². The van der Waals surface area contributed by atoms with Crippen molar-refractivity contribution < 1.29 is 19.1 Å². The van der Waals surface area contributed by atoms with E-state index in [9.17, 15) is 9.59 Å². The normalized spacial score (nSPS) is 11.2. The molecular weight excluding hydrogens is 470 g/mol. The number of hydrogen-bond donors (Lipinski definition) is 4. The first-order chi connectivity index (χ1) is 18.0. The first kappa shape index (κ1) is 25.3. The lowest BCUT2D eigenvalue weighted by atomic mass is 10.1. The van der Waals surface area contributed by atoms with E-state index in [2.05, 4.69) is 32.0 Å². The maximum absolute atomic E-state index is 13.1. The number of amides is 2. The lowest BCUT2D eigenvalue weighted by Crippen LogP contribution is -2.36. The molecule has 3 aromatic carbocycles. The van der Waals surface area contributed by atoms with Gasteiger partial charge in [-0.2, -0.15) is 0 Å². The number of benzene rings is 3. The Morgan fingerprint density at radius 2 is 1.68 bits per heavy atom. The van der Waals surface area contributed by atoms with Crippen molar-refractivity contribution in [1.29, 1.82) is 0 Å². The van der Waals surface area contributed by atoms with E-state index in [0.29, 0.717) is 41.4 Å². The first-order valence-corrected chi connectivity index (χ1v) is 11.7. The van der Waals surface area contributed by atoms with Gasteiger partial charge >= 0.3 is 0 Å². The van der Waals surface area contributed by atoms with E-state index >= 15 is 0 Å². The Kier molecular flexibility index (Phi) is 8.05. The number of rotatable bonds is 8. The molecule has 9 heteroatoms. The maximum Gasteiger partial charge on any atom is 0.258 e. The Balaban J connectivity index is 1.56. The third-order valence-electron chi connectivity index (χ3n) is 5.65. The molecule has 0 fully saturated rings. The fraction of sp³-hybridized carbons (Fsp3) is 0.179. The van der Waals surface area contributed by atoms with Crippen molar-refractivity contribution in [3.8, 4) is 11.5 Å². The van der Waals surface area contributed by atoms with E-state index < -0.39 is 0 Å². The van der Waals surface area contributed by atoms with Gasteiger partial charge in [0.2, 0.25) is 11.9 Å². The second kappa shape index (κ2) is 11.8. The summed E-state index contributed by atoms with van der Waals surface area (Å²) >= 11 is 0. The molecule has 0 spiro atoms. The van der Waals surface area contributed by atoms with Crippen LogP contribution in [0.1, 0.15) is 22.8 Å². The number of aliphatic imine (C=N–C) groups is 1. The number of guanidine groups is 1. The van der Waals surface area contributed by atoms with Crippen LogP contribution in [-0.2, 0) is 11.2 Å². The second-order valence-corrected chi connectivity index (χ2v) is 8.25. The molecule has 4 N–H and O–H groups in total. The fourth-order valence-corrected chi connectivity index (χ4v) is 3.91. The SMILES string of the molecule is COc1ccc(NC(=NCCc2c[nH]c3ccccc23)NC(=O)c2cccc(NC(C)=O)c2)cc1OC. The number of nitrogens with one attached hydrogen (secondary N) is 4. The minimum absolute atomic E-state index is 0.216. The van der Waals surface area contributed by atoms with Gasteiger partial charge in [0, 0.05) is 53.6 Å². The molecule has 0 unspecified atom stereocenters. The van der Waals surface area contributed by atoms with Gasteiger partial charge in [-0.25, -0.2) is 0 Å². The Bertz CT molecular complexity index is 1440. The van der Waals surface area contributed by atoms with Crippen molar-refractivity contribution in [2.24, 2.45) is 4.99 Å². The average Bonchev–Trinajstić information content (AvgIpc) is 3.31.